The molecule has 0 radical (unpaired) electrons. The van der Waals surface area contributed by atoms with E-state index in [0.29, 0.717) is 20.8 Å². The van der Waals surface area contributed by atoms with Crippen molar-refractivity contribution < 1.29 is 9.53 Å². The van der Waals surface area contributed by atoms with Crippen LogP contribution in [-0.2, 0) is 4.74 Å². The van der Waals surface area contributed by atoms with Crippen LogP contribution in [0.3, 0.4) is 0 Å². The molecule has 0 aromatic carbocycles. The maximum Gasteiger partial charge on any atom is 0.179 e. The highest BCUT2D eigenvalue weighted by Crippen LogP contribution is 2.32. The number of morpholine rings is 1. The molecule has 2 rings (SSSR count). The van der Waals surface area contributed by atoms with E-state index in [-0.39, 0.29) is 17.0 Å². The average molecular weight is 336 g/mol. The summed E-state index contributed by atoms with van der Waals surface area (Å²) in [5.74, 6) is 0.00616. The summed E-state index contributed by atoms with van der Waals surface area (Å²) in [6, 6.07) is 1.65. The van der Waals surface area contributed by atoms with Crippen molar-refractivity contribution in [2.24, 2.45) is 0 Å². The van der Waals surface area contributed by atoms with Crippen LogP contribution >= 0.6 is 34.5 Å². The highest BCUT2D eigenvalue weighted by molar-refractivity contribution is 7.20. The molecule has 1 aliphatic rings. The summed E-state index contributed by atoms with van der Waals surface area (Å²) in [5.41, 5.74) is -0.0141. The Labute approximate surface area is 133 Å². The number of carbonyl (C=O) groups excluding carboxylic acids is 1. The van der Waals surface area contributed by atoms with Gasteiger partial charge in [-0.2, -0.15) is 0 Å². The minimum absolute atomic E-state index is 0.00616. The number of ketones is 1. The van der Waals surface area contributed by atoms with Crippen molar-refractivity contribution in [3.63, 3.8) is 0 Å². The summed E-state index contributed by atoms with van der Waals surface area (Å²) < 4.78 is 7.02. The Morgan fingerprint density at radius 3 is 2.30 bits per heavy atom. The van der Waals surface area contributed by atoms with Gasteiger partial charge < -0.3 is 4.74 Å². The minimum Gasteiger partial charge on any atom is -0.367 e. The number of Topliss-reactive ketones (excluding diaryl/α,β-unsaturated/α-hetero) is 1. The Morgan fingerprint density at radius 1 is 1.30 bits per heavy atom. The zero-order valence-corrected chi connectivity index (χ0v) is 14.5. The molecular weight excluding hydrogens is 317 g/mol. The molecule has 0 bridgehead atoms. The number of thiophene rings is 1. The average Bonchev–Trinajstić information content (AvgIpc) is 2.52. The fourth-order valence-corrected chi connectivity index (χ4v) is 4.37. The Morgan fingerprint density at radius 2 is 1.85 bits per heavy atom. The second-order valence-corrected chi connectivity index (χ2v) is 8.71. The van der Waals surface area contributed by atoms with E-state index < -0.39 is 0 Å². The van der Waals surface area contributed by atoms with E-state index in [1.54, 1.807) is 6.07 Å². The summed E-state index contributed by atoms with van der Waals surface area (Å²) in [4.78, 5) is 14.5. The van der Waals surface area contributed by atoms with Crippen molar-refractivity contribution >= 4 is 40.3 Å². The van der Waals surface area contributed by atoms with Crippen molar-refractivity contribution in [2.75, 3.05) is 19.6 Å². The molecule has 6 heteroatoms. The molecule has 0 aliphatic carbocycles. The van der Waals surface area contributed by atoms with E-state index in [1.807, 2.05) is 27.7 Å². The molecular formula is C14H19Cl2NO2S. The maximum absolute atomic E-state index is 12.4. The van der Waals surface area contributed by atoms with Crippen molar-refractivity contribution in [3.05, 3.63) is 20.3 Å². The molecule has 1 aromatic heterocycles. The lowest BCUT2D eigenvalue weighted by Crippen LogP contribution is -2.58. The summed E-state index contributed by atoms with van der Waals surface area (Å²) in [6.45, 7) is 9.94. The van der Waals surface area contributed by atoms with Crippen LogP contribution in [-0.4, -0.2) is 41.5 Å². The van der Waals surface area contributed by atoms with E-state index >= 15 is 0 Å². The number of hydrogen-bond acceptors (Lipinski definition) is 4. The summed E-state index contributed by atoms with van der Waals surface area (Å²) in [6.07, 6.45) is 0. The molecule has 20 heavy (non-hydrogen) atoms. The number of rotatable bonds is 3. The fraction of sp³-hybridized carbons (Fsp3) is 0.643. The van der Waals surface area contributed by atoms with Gasteiger partial charge in [-0.15, -0.1) is 11.3 Å². The third-order valence-electron chi connectivity index (χ3n) is 3.09. The van der Waals surface area contributed by atoms with Crippen LogP contribution in [0.15, 0.2) is 6.07 Å². The van der Waals surface area contributed by atoms with Crippen LogP contribution in [0.5, 0.6) is 0 Å². The fourth-order valence-electron chi connectivity index (χ4n) is 2.88. The monoisotopic (exact) mass is 335 g/mol. The molecule has 112 valence electrons. The zero-order chi connectivity index (χ0) is 15.1. The van der Waals surface area contributed by atoms with Gasteiger partial charge in [0, 0.05) is 13.1 Å². The first-order chi connectivity index (χ1) is 9.08. The third kappa shape index (κ3) is 3.95. The van der Waals surface area contributed by atoms with Crippen LogP contribution in [0, 0.1) is 0 Å². The SMILES string of the molecule is CC1(C)CN(CC(=O)c2cc(Cl)sc2Cl)CC(C)(C)O1. The van der Waals surface area contributed by atoms with Gasteiger partial charge in [0.1, 0.15) is 4.34 Å². The molecule has 0 N–H and O–H groups in total. The summed E-state index contributed by atoms with van der Waals surface area (Å²) in [7, 11) is 0. The quantitative estimate of drug-likeness (QED) is 0.778. The van der Waals surface area contributed by atoms with Crippen LogP contribution in [0.1, 0.15) is 38.1 Å². The maximum atomic E-state index is 12.4. The highest BCUT2D eigenvalue weighted by Gasteiger charge is 2.38. The van der Waals surface area contributed by atoms with Gasteiger partial charge in [-0.1, -0.05) is 23.2 Å². The smallest absolute Gasteiger partial charge is 0.179 e. The summed E-state index contributed by atoms with van der Waals surface area (Å²) >= 11 is 13.2. The number of nitrogens with zero attached hydrogens (tertiary/aromatic N) is 1. The number of halogens is 2. The van der Waals surface area contributed by atoms with Gasteiger partial charge >= 0.3 is 0 Å². The second kappa shape index (κ2) is 5.58. The molecule has 3 nitrogen and oxygen atoms in total. The lowest BCUT2D eigenvalue weighted by Gasteiger charge is -2.47. The Balaban J connectivity index is 2.09. The predicted octanol–water partition coefficient (Wildman–Crippen LogP) is 4.13. The number of ether oxygens (including phenoxy) is 1. The van der Waals surface area contributed by atoms with Crippen LogP contribution in [0.2, 0.25) is 8.67 Å². The highest BCUT2D eigenvalue weighted by atomic mass is 35.5. The van der Waals surface area contributed by atoms with Gasteiger partial charge in [0.15, 0.2) is 5.78 Å². The molecule has 1 aromatic rings. The molecule has 1 aliphatic heterocycles. The van der Waals surface area contributed by atoms with Crippen molar-refractivity contribution in [1.29, 1.82) is 0 Å². The normalized spacial score (nSPS) is 21.9. The lowest BCUT2D eigenvalue weighted by molar-refractivity contribution is -0.178. The topological polar surface area (TPSA) is 29.5 Å². The lowest BCUT2D eigenvalue weighted by atomic mass is 9.98. The molecule has 0 saturated carbocycles. The van der Waals surface area contributed by atoms with Crippen molar-refractivity contribution in [3.8, 4) is 0 Å². The van der Waals surface area contributed by atoms with Gasteiger partial charge in [-0.25, -0.2) is 0 Å². The molecule has 1 fully saturated rings. The van der Waals surface area contributed by atoms with Crippen molar-refractivity contribution in [2.45, 2.75) is 38.9 Å². The number of hydrogen-bond donors (Lipinski definition) is 0. The van der Waals surface area contributed by atoms with Gasteiger partial charge in [-0.3, -0.25) is 9.69 Å². The van der Waals surface area contributed by atoms with Gasteiger partial charge in [0.2, 0.25) is 0 Å². The van der Waals surface area contributed by atoms with Crippen molar-refractivity contribution in [1.82, 2.24) is 4.90 Å². The second-order valence-electron chi connectivity index (χ2n) is 6.43. The predicted molar refractivity (Wildman–Crippen MR) is 84.4 cm³/mol. The number of carbonyl (C=O) groups is 1. The van der Waals surface area contributed by atoms with E-state index in [9.17, 15) is 4.79 Å². The molecule has 0 spiro atoms. The first-order valence-electron chi connectivity index (χ1n) is 6.49. The molecule has 1 saturated heterocycles. The van der Waals surface area contributed by atoms with Gasteiger partial charge in [-0.05, 0) is 33.8 Å². The Kier molecular flexibility index (Phi) is 4.53. The third-order valence-corrected chi connectivity index (χ3v) is 4.57. The largest absolute Gasteiger partial charge is 0.367 e. The first kappa shape index (κ1) is 16.2. The zero-order valence-electron chi connectivity index (χ0n) is 12.1. The summed E-state index contributed by atoms with van der Waals surface area (Å²) in [5, 5.41) is 0. The van der Waals surface area contributed by atoms with E-state index in [4.69, 9.17) is 27.9 Å². The van der Waals surface area contributed by atoms with Crippen LogP contribution < -0.4 is 0 Å². The van der Waals surface area contributed by atoms with E-state index in [1.165, 1.54) is 11.3 Å². The van der Waals surface area contributed by atoms with Crippen LogP contribution in [0.25, 0.3) is 0 Å². The minimum atomic E-state index is -0.266. The first-order valence-corrected chi connectivity index (χ1v) is 8.06. The molecule has 0 amide bonds. The van der Waals surface area contributed by atoms with Crippen LogP contribution in [0.4, 0.5) is 0 Å². The Hall–Kier alpha value is -0.130. The molecule has 2 heterocycles. The Bertz CT molecular complexity index is 509. The van der Waals surface area contributed by atoms with Gasteiger partial charge in [0.05, 0.1) is 27.6 Å². The van der Waals surface area contributed by atoms with E-state index in [0.717, 1.165) is 13.1 Å². The van der Waals surface area contributed by atoms with Gasteiger partial charge in [0.25, 0.3) is 0 Å². The van der Waals surface area contributed by atoms with E-state index in [2.05, 4.69) is 4.90 Å². The molecule has 0 unspecified atom stereocenters. The molecule has 0 atom stereocenters. The standard InChI is InChI=1S/C14H19Cl2NO2S/c1-13(2)7-17(8-14(3,4)19-13)6-10(18)9-5-11(15)20-12(9)16/h5H,6-8H2,1-4H3.